The molecule has 1 aromatic heterocycles. The van der Waals surface area contributed by atoms with E-state index in [2.05, 4.69) is 10.3 Å². The first kappa shape index (κ1) is 17.4. The van der Waals surface area contributed by atoms with Crippen molar-refractivity contribution in [3.63, 3.8) is 0 Å². The normalized spacial score (nSPS) is 15.0. The molecule has 2 heterocycles. The Morgan fingerprint density at radius 3 is 2.80 bits per heavy atom. The first-order chi connectivity index (χ1) is 12.2. The number of ether oxygens (including phenoxy) is 2. The lowest BCUT2D eigenvalue weighted by molar-refractivity contribution is -0.0390. The van der Waals surface area contributed by atoms with Crippen LogP contribution in [0.15, 0.2) is 47.4 Å². The summed E-state index contributed by atoms with van der Waals surface area (Å²) in [4.78, 5) is 26.2. The number of carbonyl (C=O) groups excluding carboxylic acids is 1. The molecule has 0 spiro atoms. The van der Waals surface area contributed by atoms with Crippen molar-refractivity contribution in [3.05, 3.63) is 69.6 Å². The highest BCUT2D eigenvalue weighted by Crippen LogP contribution is 2.14. The number of hydrogen-bond acceptors (Lipinski definition) is 4. The van der Waals surface area contributed by atoms with Crippen LogP contribution in [0.4, 0.5) is 0 Å². The van der Waals surface area contributed by atoms with Gasteiger partial charge in [0.25, 0.3) is 11.5 Å². The molecule has 3 rings (SSSR count). The van der Waals surface area contributed by atoms with Crippen LogP contribution in [0, 0.1) is 0 Å². The second kappa shape index (κ2) is 8.60. The van der Waals surface area contributed by atoms with Crippen molar-refractivity contribution in [2.75, 3.05) is 13.2 Å². The van der Waals surface area contributed by atoms with E-state index in [0.29, 0.717) is 13.2 Å². The van der Waals surface area contributed by atoms with Gasteiger partial charge in [-0.05, 0) is 36.1 Å². The highest BCUT2D eigenvalue weighted by atomic mass is 16.5. The van der Waals surface area contributed by atoms with Gasteiger partial charge < -0.3 is 19.8 Å². The maximum Gasteiger partial charge on any atom is 0.260 e. The molecule has 0 aliphatic carbocycles. The third-order valence-corrected chi connectivity index (χ3v) is 4.16. The van der Waals surface area contributed by atoms with E-state index in [9.17, 15) is 9.59 Å². The van der Waals surface area contributed by atoms with Gasteiger partial charge in [0.2, 0.25) is 0 Å². The molecule has 132 valence electrons. The summed E-state index contributed by atoms with van der Waals surface area (Å²) in [6.07, 6.45) is 3.62. The fourth-order valence-electron chi connectivity index (χ4n) is 2.76. The van der Waals surface area contributed by atoms with Crippen LogP contribution in [0.2, 0.25) is 0 Å². The Morgan fingerprint density at radius 2 is 2.00 bits per heavy atom. The Hall–Kier alpha value is -2.44. The summed E-state index contributed by atoms with van der Waals surface area (Å²) in [5, 5.41) is 2.77. The summed E-state index contributed by atoms with van der Waals surface area (Å²) >= 11 is 0. The first-order valence-electron chi connectivity index (χ1n) is 8.45. The number of hydrogen-bond donors (Lipinski definition) is 2. The predicted octanol–water partition coefficient (Wildman–Crippen LogP) is 2.00. The van der Waals surface area contributed by atoms with Crippen LogP contribution >= 0.6 is 0 Å². The summed E-state index contributed by atoms with van der Waals surface area (Å²) in [7, 11) is 0. The number of rotatable bonds is 6. The number of pyridine rings is 1. The topological polar surface area (TPSA) is 80.4 Å². The summed E-state index contributed by atoms with van der Waals surface area (Å²) in [5.74, 6) is -0.384. The van der Waals surface area contributed by atoms with Crippen molar-refractivity contribution in [1.29, 1.82) is 0 Å². The monoisotopic (exact) mass is 342 g/mol. The van der Waals surface area contributed by atoms with Gasteiger partial charge in [0.15, 0.2) is 0 Å². The zero-order valence-corrected chi connectivity index (χ0v) is 14.0. The Labute approximate surface area is 146 Å². The van der Waals surface area contributed by atoms with Gasteiger partial charge in [0, 0.05) is 26.0 Å². The largest absolute Gasteiger partial charge is 0.381 e. The van der Waals surface area contributed by atoms with Crippen molar-refractivity contribution in [2.45, 2.75) is 32.1 Å². The maximum absolute atomic E-state index is 12.1. The van der Waals surface area contributed by atoms with E-state index < -0.39 is 5.56 Å². The van der Waals surface area contributed by atoms with Gasteiger partial charge in [-0.25, -0.2) is 0 Å². The Kier molecular flexibility index (Phi) is 5.98. The molecule has 0 radical (unpaired) electrons. The Morgan fingerprint density at radius 1 is 1.20 bits per heavy atom. The molecule has 1 aliphatic heterocycles. The van der Waals surface area contributed by atoms with Gasteiger partial charge in [0.05, 0.1) is 12.7 Å². The highest BCUT2D eigenvalue weighted by Gasteiger charge is 2.14. The van der Waals surface area contributed by atoms with Gasteiger partial charge in [0.1, 0.15) is 5.56 Å². The van der Waals surface area contributed by atoms with Crippen LogP contribution in [0.25, 0.3) is 0 Å². The number of amides is 1. The van der Waals surface area contributed by atoms with E-state index in [1.54, 1.807) is 6.07 Å². The standard InChI is InChI=1S/C19H22N2O4/c22-18-17(5-2-8-20-18)19(23)21-12-14-3-1-4-15(11-14)13-25-16-6-9-24-10-7-16/h1-5,8,11,16H,6-7,9-10,12-13H2,(H,20,22)(H,21,23). The van der Waals surface area contributed by atoms with Crippen LogP contribution in [-0.4, -0.2) is 30.2 Å². The lowest BCUT2D eigenvalue weighted by Crippen LogP contribution is -2.28. The molecule has 1 amide bonds. The number of H-pyrrole nitrogens is 1. The average Bonchev–Trinajstić information content (AvgIpc) is 2.66. The molecular weight excluding hydrogens is 320 g/mol. The second-order valence-electron chi connectivity index (χ2n) is 6.04. The summed E-state index contributed by atoms with van der Waals surface area (Å²) in [6, 6.07) is 11.0. The van der Waals surface area contributed by atoms with Crippen LogP contribution in [-0.2, 0) is 22.6 Å². The molecule has 2 aromatic rings. The zero-order chi connectivity index (χ0) is 17.5. The third kappa shape index (κ3) is 5.01. The molecule has 0 bridgehead atoms. The van der Waals surface area contributed by atoms with Crippen molar-refractivity contribution >= 4 is 5.91 Å². The molecule has 1 aliphatic rings. The van der Waals surface area contributed by atoms with E-state index in [1.807, 2.05) is 24.3 Å². The molecule has 25 heavy (non-hydrogen) atoms. The molecule has 1 aromatic carbocycles. The summed E-state index contributed by atoms with van der Waals surface area (Å²) < 4.78 is 11.2. The third-order valence-electron chi connectivity index (χ3n) is 4.16. The van der Waals surface area contributed by atoms with Gasteiger partial charge in [-0.1, -0.05) is 24.3 Å². The van der Waals surface area contributed by atoms with E-state index in [4.69, 9.17) is 9.47 Å². The SMILES string of the molecule is O=C(NCc1cccc(COC2CCOCC2)c1)c1ccc[nH]c1=O. The number of carbonyl (C=O) groups is 1. The quantitative estimate of drug-likeness (QED) is 0.841. The van der Waals surface area contributed by atoms with Crippen LogP contribution < -0.4 is 10.9 Å². The lowest BCUT2D eigenvalue weighted by Gasteiger charge is -2.22. The van der Waals surface area contributed by atoms with E-state index in [-0.39, 0.29) is 17.6 Å². The van der Waals surface area contributed by atoms with Crippen LogP contribution in [0.5, 0.6) is 0 Å². The van der Waals surface area contributed by atoms with Crippen molar-refractivity contribution < 1.29 is 14.3 Å². The molecule has 1 fully saturated rings. The van der Waals surface area contributed by atoms with Crippen LogP contribution in [0.3, 0.4) is 0 Å². The number of aromatic amines is 1. The minimum absolute atomic E-state index is 0.113. The van der Waals surface area contributed by atoms with Gasteiger partial charge >= 0.3 is 0 Å². The van der Waals surface area contributed by atoms with Gasteiger partial charge in [-0.15, -0.1) is 0 Å². The smallest absolute Gasteiger partial charge is 0.260 e. The molecule has 2 N–H and O–H groups in total. The van der Waals surface area contributed by atoms with Crippen LogP contribution in [0.1, 0.15) is 34.3 Å². The fraction of sp³-hybridized carbons (Fsp3) is 0.368. The molecule has 6 heteroatoms. The summed E-state index contributed by atoms with van der Waals surface area (Å²) in [6.45, 7) is 2.42. The van der Waals surface area contributed by atoms with Crippen molar-refractivity contribution in [2.24, 2.45) is 0 Å². The second-order valence-corrected chi connectivity index (χ2v) is 6.04. The first-order valence-corrected chi connectivity index (χ1v) is 8.45. The molecular formula is C19H22N2O4. The van der Waals surface area contributed by atoms with Crippen molar-refractivity contribution in [3.8, 4) is 0 Å². The lowest BCUT2D eigenvalue weighted by atomic mass is 10.1. The average molecular weight is 342 g/mol. The Balaban J connectivity index is 1.53. The fourth-order valence-corrected chi connectivity index (χ4v) is 2.76. The highest BCUT2D eigenvalue weighted by molar-refractivity contribution is 5.93. The molecule has 0 unspecified atom stereocenters. The molecule has 0 saturated carbocycles. The number of nitrogens with one attached hydrogen (secondary N) is 2. The predicted molar refractivity (Wildman–Crippen MR) is 93.3 cm³/mol. The van der Waals surface area contributed by atoms with E-state index >= 15 is 0 Å². The maximum atomic E-state index is 12.1. The van der Waals surface area contributed by atoms with E-state index in [1.165, 1.54) is 12.3 Å². The van der Waals surface area contributed by atoms with Crippen molar-refractivity contribution in [1.82, 2.24) is 10.3 Å². The minimum atomic E-state index is -0.390. The zero-order valence-electron chi connectivity index (χ0n) is 14.0. The summed E-state index contributed by atoms with van der Waals surface area (Å²) in [5.41, 5.74) is 1.75. The molecule has 1 saturated heterocycles. The molecule has 6 nitrogen and oxygen atoms in total. The molecule has 0 atom stereocenters. The van der Waals surface area contributed by atoms with Gasteiger partial charge in [-0.2, -0.15) is 0 Å². The number of aromatic nitrogens is 1. The Bertz CT molecular complexity index is 766. The minimum Gasteiger partial charge on any atom is -0.381 e. The van der Waals surface area contributed by atoms with E-state index in [0.717, 1.165) is 37.2 Å². The van der Waals surface area contributed by atoms with Gasteiger partial charge in [-0.3, -0.25) is 9.59 Å². The number of benzene rings is 1.